The number of methoxy groups -OCH3 is 1. The Morgan fingerprint density at radius 2 is 1.83 bits per heavy atom. The topological polar surface area (TPSA) is 61.8 Å². The summed E-state index contributed by atoms with van der Waals surface area (Å²) in [4.78, 5) is 29.0. The zero-order chi connectivity index (χ0) is 17.9. The summed E-state index contributed by atoms with van der Waals surface area (Å²) in [5.74, 6) is -2.16. The highest BCUT2D eigenvalue weighted by Crippen LogP contribution is 2.19. The highest BCUT2D eigenvalue weighted by atomic mass is 28.4. The summed E-state index contributed by atoms with van der Waals surface area (Å²) in [7, 11) is -0.766. The number of esters is 1. The Hall–Kier alpha value is -1.14. The molecular weight excluding hydrogens is 312 g/mol. The van der Waals surface area contributed by atoms with Crippen molar-refractivity contribution in [3.8, 4) is 0 Å². The van der Waals surface area contributed by atoms with Gasteiger partial charge in [-0.3, -0.25) is 4.79 Å². The standard InChI is InChI=1S/C17H32O5Si/c1-7-9-13-23(5,6)22-21-17(19)15(16(18)20-4)12-11-14(3)10-8-2/h10,15H,7-9,11-13H2,1-6H3. The van der Waals surface area contributed by atoms with Gasteiger partial charge in [0, 0.05) is 0 Å². The van der Waals surface area contributed by atoms with Crippen LogP contribution in [0.2, 0.25) is 19.1 Å². The molecule has 1 atom stereocenters. The number of ether oxygens (including phenoxy) is 1. The summed E-state index contributed by atoms with van der Waals surface area (Å²) >= 11 is 0. The predicted octanol–water partition coefficient (Wildman–Crippen LogP) is 4.39. The van der Waals surface area contributed by atoms with Gasteiger partial charge in [-0.1, -0.05) is 38.3 Å². The lowest BCUT2D eigenvalue weighted by Gasteiger charge is -2.21. The maximum atomic E-state index is 12.2. The van der Waals surface area contributed by atoms with Crippen molar-refractivity contribution in [2.45, 2.75) is 72.0 Å². The quantitative estimate of drug-likeness (QED) is 0.139. The van der Waals surface area contributed by atoms with Gasteiger partial charge in [0.15, 0.2) is 5.92 Å². The molecule has 0 saturated heterocycles. The SMILES string of the molecule is CCC=C(C)CCC(C(=O)OC)C(=O)OO[Si](C)(C)CCCC. The largest absolute Gasteiger partial charge is 0.468 e. The normalized spacial score (nSPS) is 13.6. The van der Waals surface area contributed by atoms with E-state index >= 15 is 0 Å². The number of carbonyl (C=O) groups excluding carboxylic acids is 2. The first-order valence-corrected chi connectivity index (χ1v) is 11.5. The fourth-order valence-corrected chi connectivity index (χ4v) is 3.75. The number of unbranched alkanes of at least 4 members (excludes halogenated alkanes) is 1. The van der Waals surface area contributed by atoms with E-state index in [4.69, 9.17) is 14.2 Å². The van der Waals surface area contributed by atoms with Crippen molar-refractivity contribution in [1.82, 2.24) is 0 Å². The van der Waals surface area contributed by atoms with Crippen LogP contribution in [-0.4, -0.2) is 27.4 Å². The van der Waals surface area contributed by atoms with Gasteiger partial charge in [0.25, 0.3) is 0 Å². The van der Waals surface area contributed by atoms with Crippen LogP contribution < -0.4 is 0 Å². The van der Waals surface area contributed by atoms with Crippen LogP contribution in [0.25, 0.3) is 0 Å². The molecule has 0 aliphatic rings. The van der Waals surface area contributed by atoms with Crippen molar-refractivity contribution >= 4 is 20.3 Å². The molecule has 0 amide bonds. The summed E-state index contributed by atoms with van der Waals surface area (Å²) in [6.45, 7) is 10.1. The molecule has 0 aliphatic heterocycles. The smallest absolute Gasteiger partial charge is 0.355 e. The number of hydrogen-bond acceptors (Lipinski definition) is 5. The minimum Gasteiger partial charge on any atom is -0.468 e. The fourth-order valence-electron chi connectivity index (χ4n) is 2.15. The first-order chi connectivity index (χ1) is 10.8. The average molecular weight is 345 g/mol. The van der Waals surface area contributed by atoms with E-state index in [-0.39, 0.29) is 0 Å². The summed E-state index contributed by atoms with van der Waals surface area (Å²) in [5, 5.41) is 0. The van der Waals surface area contributed by atoms with Crippen molar-refractivity contribution in [2.24, 2.45) is 5.92 Å². The fraction of sp³-hybridized carbons (Fsp3) is 0.765. The molecule has 6 heteroatoms. The molecule has 134 valence electrons. The Labute approximate surface area is 141 Å². The van der Waals surface area contributed by atoms with Crippen molar-refractivity contribution in [2.75, 3.05) is 7.11 Å². The van der Waals surface area contributed by atoms with Gasteiger partial charge in [-0.25, -0.2) is 9.37 Å². The Balaban J connectivity index is 4.63. The van der Waals surface area contributed by atoms with Crippen LogP contribution in [0.4, 0.5) is 0 Å². The lowest BCUT2D eigenvalue weighted by molar-refractivity contribution is -0.226. The Bertz CT molecular complexity index is 404. The number of carbonyl (C=O) groups is 2. The summed E-state index contributed by atoms with van der Waals surface area (Å²) in [6.07, 6.45) is 6.14. The molecule has 0 aromatic rings. The minimum atomic E-state index is -2.04. The number of rotatable bonds is 11. The zero-order valence-corrected chi connectivity index (χ0v) is 16.4. The maximum absolute atomic E-state index is 12.2. The van der Waals surface area contributed by atoms with Gasteiger partial charge >= 0.3 is 11.9 Å². The van der Waals surface area contributed by atoms with E-state index in [2.05, 4.69) is 13.0 Å². The third-order valence-corrected chi connectivity index (χ3v) is 5.72. The molecule has 0 rings (SSSR count). The monoisotopic (exact) mass is 344 g/mol. The molecule has 0 aliphatic carbocycles. The van der Waals surface area contributed by atoms with Gasteiger partial charge in [0.05, 0.1) is 7.11 Å². The van der Waals surface area contributed by atoms with Crippen LogP contribution in [0.5, 0.6) is 0 Å². The lowest BCUT2D eigenvalue weighted by atomic mass is 10.00. The minimum absolute atomic E-state index is 0.369. The Morgan fingerprint density at radius 3 is 2.35 bits per heavy atom. The van der Waals surface area contributed by atoms with Crippen molar-refractivity contribution in [3.05, 3.63) is 11.6 Å². The molecular formula is C17H32O5Si. The third-order valence-electron chi connectivity index (χ3n) is 3.63. The van der Waals surface area contributed by atoms with E-state index in [9.17, 15) is 9.59 Å². The highest BCUT2D eigenvalue weighted by Gasteiger charge is 2.32. The second kappa shape index (κ2) is 11.4. The van der Waals surface area contributed by atoms with Crippen LogP contribution in [0, 0.1) is 5.92 Å². The molecule has 0 radical (unpaired) electrons. The van der Waals surface area contributed by atoms with Crippen molar-refractivity contribution in [3.63, 3.8) is 0 Å². The molecule has 1 unspecified atom stereocenters. The van der Waals surface area contributed by atoms with Crippen LogP contribution in [0.15, 0.2) is 11.6 Å². The van der Waals surface area contributed by atoms with E-state index in [1.165, 1.54) is 7.11 Å². The second-order valence-corrected chi connectivity index (χ2v) is 10.6. The number of allylic oxidation sites excluding steroid dienone is 2. The molecule has 0 aromatic carbocycles. The molecule has 0 bridgehead atoms. The predicted molar refractivity (Wildman–Crippen MR) is 93.2 cm³/mol. The first-order valence-electron chi connectivity index (χ1n) is 8.40. The van der Waals surface area contributed by atoms with E-state index < -0.39 is 26.2 Å². The van der Waals surface area contributed by atoms with Gasteiger partial charge in [-0.05, 0) is 45.3 Å². The second-order valence-electron chi connectivity index (χ2n) is 6.42. The summed E-state index contributed by atoms with van der Waals surface area (Å²) < 4.78 is 10.1. The van der Waals surface area contributed by atoms with Gasteiger partial charge in [0.1, 0.15) is 0 Å². The summed E-state index contributed by atoms with van der Waals surface area (Å²) in [6, 6.07) is 0.915. The number of hydrogen-bond donors (Lipinski definition) is 0. The van der Waals surface area contributed by atoms with Gasteiger partial charge in [0.2, 0.25) is 8.32 Å². The van der Waals surface area contributed by atoms with Gasteiger partial charge < -0.3 is 9.62 Å². The van der Waals surface area contributed by atoms with Gasteiger partial charge in [-0.2, -0.15) is 0 Å². The molecule has 0 saturated carbocycles. The zero-order valence-electron chi connectivity index (χ0n) is 15.4. The summed E-state index contributed by atoms with van der Waals surface area (Å²) in [5.41, 5.74) is 1.15. The molecule has 0 aromatic heterocycles. The molecule has 0 spiro atoms. The molecule has 0 heterocycles. The lowest BCUT2D eigenvalue weighted by Crippen LogP contribution is -2.35. The van der Waals surface area contributed by atoms with Crippen LogP contribution in [0.1, 0.15) is 52.9 Å². The van der Waals surface area contributed by atoms with E-state index in [0.29, 0.717) is 12.8 Å². The van der Waals surface area contributed by atoms with Crippen LogP contribution >= 0.6 is 0 Å². The van der Waals surface area contributed by atoms with Crippen LogP contribution in [-0.2, 0) is 23.8 Å². The first kappa shape index (κ1) is 21.9. The van der Waals surface area contributed by atoms with Crippen molar-refractivity contribution < 1.29 is 23.8 Å². The van der Waals surface area contributed by atoms with Crippen molar-refractivity contribution in [1.29, 1.82) is 0 Å². The molecule has 23 heavy (non-hydrogen) atoms. The average Bonchev–Trinajstić information content (AvgIpc) is 2.51. The van der Waals surface area contributed by atoms with E-state index in [1.54, 1.807) is 0 Å². The Morgan fingerprint density at radius 1 is 1.17 bits per heavy atom. The van der Waals surface area contributed by atoms with E-state index in [0.717, 1.165) is 30.9 Å². The molecule has 0 N–H and O–H groups in total. The highest BCUT2D eigenvalue weighted by molar-refractivity contribution is 6.70. The van der Waals surface area contributed by atoms with Crippen LogP contribution in [0.3, 0.4) is 0 Å². The van der Waals surface area contributed by atoms with E-state index in [1.807, 2.05) is 26.9 Å². The van der Waals surface area contributed by atoms with Gasteiger partial charge in [-0.15, -0.1) is 0 Å². The third kappa shape index (κ3) is 9.56. The molecule has 0 fully saturated rings. The Kier molecular flexibility index (Phi) is 10.8. The molecule has 5 nitrogen and oxygen atoms in total. The maximum Gasteiger partial charge on any atom is 0.355 e.